The lowest BCUT2D eigenvalue weighted by Gasteiger charge is -2.10. The number of hydrogen-bond acceptors (Lipinski definition) is 4. The van der Waals surface area contributed by atoms with Crippen molar-refractivity contribution >= 4 is 31.5 Å². The third kappa shape index (κ3) is 5.58. The van der Waals surface area contributed by atoms with Crippen LogP contribution in [0.1, 0.15) is 0 Å². The van der Waals surface area contributed by atoms with Gasteiger partial charge in [0.15, 0.2) is 17.5 Å². The number of nitrogens with zero attached hydrogens (tertiary/aromatic N) is 3. The van der Waals surface area contributed by atoms with E-state index >= 15 is 0 Å². The second kappa shape index (κ2) is 12.4. The lowest BCUT2D eigenvalue weighted by Crippen LogP contribution is -2.00. The Hall–Kier alpha value is -6.23. The van der Waals surface area contributed by atoms with Gasteiger partial charge < -0.3 is 0 Å². The highest BCUT2D eigenvalue weighted by molar-refractivity contribution is 7.26. The quantitative estimate of drug-likeness (QED) is 0.181. The standard InChI is InChI=1S/C45H29N3S/c1-4-12-30(13-5-1)35-18-10-19-36(28-35)31-22-24-32(25-23-31)37-26-27-40-39(29-37)42-38(20-11-21-41(42)49-40)45-47-43(33-14-6-2-7-15-33)46-44(48-45)34-16-8-3-9-17-34/h1-29H. The highest BCUT2D eigenvalue weighted by Gasteiger charge is 2.17. The van der Waals surface area contributed by atoms with Crippen molar-refractivity contribution < 1.29 is 0 Å². The Morgan fingerprint density at radius 1 is 0.306 bits per heavy atom. The summed E-state index contributed by atoms with van der Waals surface area (Å²) in [5, 5.41) is 2.37. The van der Waals surface area contributed by atoms with Gasteiger partial charge in [0.25, 0.3) is 0 Å². The summed E-state index contributed by atoms with van der Waals surface area (Å²) in [6.45, 7) is 0. The summed E-state index contributed by atoms with van der Waals surface area (Å²) in [5.41, 5.74) is 10.1. The lowest BCUT2D eigenvalue weighted by atomic mass is 9.96. The fourth-order valence-electron chi connectivity index (χ4n) is 6.49. The molecule has 0 spiro atoms. The van der Waals surface area contributed by atoms with Crippen molar-refractivity contribution in [3.05, 3.63) is 176 Å². The van der Waals surface area contributed by atoms with Crippen LogP contribution >= 0.6 is 11.3 Å². The van der Waals surface area contributed by atoms with E-state index in [1.165, 1.54) is 53.6 Å². The fourth-order valence-corrected chi connectivity index (χ4v) is 7.60. The maximum absolute atomic E-state index is 5.06. The maximum Gasteiger partial charge on any atom is 0.164 e. The molecular weight excluding hydrogens is 615 g/mol. The third-order valence-electron chi connectivity index (χ3n) is 8.96. The first kappa shape index (κ1) is 29.0. The first-order valence-electron chi connectivity index (χ1n) is 16.4. The smallest absolute Gasteiger partial charge is 0.164 e. The van der Waals surface area contributed by atoms with Gasteiger partial charge in [0.1, 0.15) is 0 Å². The molecule has 0 saturated carbocycles. The van der Waals surface area contributed by atoms with Gasteiger partial charge in [-0.3, -0.25) is 0 Å². The summed E-state index contributed by atoms with van der Waals surface area (Å²) in [7, 11) is 0. The van der Waals surface area contributed by atoms with E-state index in [4.69, 9.17) is 15.0 Å². The molecule has 0 N–H and O–H groups in total. The van der Waals surface area contributed by atoms with Crippen molar-refractivity contribution in [1.82, 2.24) is 15.0 Å². The summed E-state index contributed by atoms with van der Waals surface area (Å²) in [6, 6.07) is 61.7. The molecule has 2 aromatic heterocycles. The SMILES string of the molecule is c1ccc(-c2cccc(-c3ccc(-c4ccc5sc6cccc(-c7nc(-c8ccccc8)nc(-c8ccccc8)n7)c6c5c4)cc3)c2)cc1. The van der Waals surface area contributed by atoms with Crippen LogP contribution in [0.15, 0.2) is 176 Å². The van der Waals surface area contributed by atoms with Crippen LogP contribution in [-0.4, -0.2) is 15.0 Å². The number of benzene rings is 7. The fraction of sp³-hybridized carbons (Fsp3) is 0. The normalized spacial score (nSPS) is 11.3. The van der Waals surface area contributed by atoms with Gasteiger partial charge in [-0.15, -0.1) is 11.3 Å². The van der Waals surface area contributed by atoms with Gasteiger partial charge in [-0.25, -0.2) is 15.0 Å². The summed E-state index contributed by atoms with van der Waals surface area (Å²) < 4.78 is 2.45. The molecule has 9 rings (SSSR count). The summed E-state index contributed by atoms with van der Waals surface area (Å²) in [4.78, 5) is 15.0. The second-order valence-corrected chi connectivity index (χ2v) is 13.1. The van der Waals surface area contributed by atoms with E-state index in [1.807, 2.05) is 60.7 Å². The molecule has 4 heteroatoms. The largest absolute Gasteiger partial charge is 0.208 e. The van der Waals surface area contributed by atoms with Crippen LogP contribution in [0, 0.1) is 0 Å². The Bertz CT molecular complexity index is 2520. The van der Waals surface area contributed by atoms with Crippen LogP contribution in [-0.2, 0) is 0 Å². The monoisotopic (exact) mass is 643 g/mol. The van der Waals surface area contributed by atoms with Crippen molar-refractivity contribution in [1.29, 1.82) is 0 Å². The van der Waals surface area contributed by atoms with Crippen molar-refractivity contribution in [2.75, 3.05) is 0 Å². The van der Waals surface area contributed by atoms with Crippen molar-refractivity contribution in [2.45, 2.75) is 0 Å². The van der Waals surface area contributed by atoms with Gasteiger partial charge in [0.2, 0.25) is 0 Å². The molecule has 0 unspecified atom stereocenters. The van der Waals surface area contributed by atoms with E-state index in [2.05, 4.69) is 115 Å². The predicted octanol–water partition coefficient (Wildman–Crippen LogP) is 12.2. The molecule has 0 aliphatic rings. The zero-order chi connectivity index (χ0) is 32.6. The molecule has 230 valence electrons. The summed E-state index contributed by atoms with van der Waals surface area (Å²) in [5.74, 6) is 2.00. The minimum absolute atomic E-state index is 0.663. The number of aromatic nitrogens is 3. The van der Waals surface area contributed by atoms with E-state index in [0.29, 0.717) is 17.5 Å². The molecule has 0 radical (unpaired) electrons. The van der Waals surface area contributed by atoms with E-state index in [0.717, 1.165) is 16.7 Å². The Balaban J connectivity index is 1.13. The molecule has 0 aliphatic heterocycles. The molecule has 0 amide bonds. The molecule has 0 atom stereocenters. The molecular formula is C45H29N3S. The van der Waals surface area contributed by atoms with Crippen LogP contribution < -0.4 is 0 Å². The second-order valence-electron chi connectivity index (χ2n) is 12.1. The molecule has 0 bridgehead atoms. The molecule has 7 aromatic carbocycles. The molecule has 0 fully saturated rings. The molecule has 0 aliphatic carbocycles. The van der Waals surface area contributed by atoms with Gasteiger partial charge in [0.05, 0.1) is 0 Å². The first-order valence-corrected chi connectivity index (χ1v) is 17.2. The average Bonchev–Trinajstić information content (AvgIpc) is 3.57. The Kier molecular flexibility index (Phi) is 7.34. The Labute approximate surface area is 288 Å². The zero-order valence-electron chi connectivity index (χ0n) is 26.5. The Morgan fingerprint density at radius 2 is 0.755 bits per heavy atom. The van der Waals surface area contributed by atoms with Crippen LogP contribution in [0.4, 0.5) is 0 Å². The number of hydrogen-bond donors (Lipinski definition) is 0. The van der Waals surface area contributed by atoms with Crippen LogP contribution in [0.5, 0.6) is 0 Å². The Morgan fingerprint density at radius 3 is 1.35 bits per heavy atom. The molecule has 0 saturated heterocycles. The van der Waals surface area contributed by atoms with Gasteiger partial charge in [-0.05, 0) is 57.6 Å². The summed E-state index contributed by atoms with van der Waals surface area (Å²) in [6.07, 6.45) is 0. The van der Waals surface area contributed by atoms with Crippen LogP contribution in [0.3, 0.4) is 0 Å². The molecule has 2 heterocycles. The highest BCUT2D eigenvalue weighted by atomic mass is 32.1. The average molecular weight is 644 g/mol. The number of fused-ring (bicyclic) bond motifs is 3. The molecule has 3 nitrogen and oxygen atoms in total. The topological polar surface area (TPSA) is 38.7 Å². The van der Waals surface area contributed by atoms with Gasteiger partial charge >= 0.3 is 0 Å². The van der Waals surface area contributed by atoms with Crippen molar-refractivity contribution in [2.24, 2.45) is 0 Å². The van der Waals surface area contributed by atoms with E-state index in [1.54, 1.807) is 11.3 Å². The van der Waals surface area contributed by atoms with E-state index in [9.17, 15) is 0 Å². The minimum atomic E-state index is 0.663. The minimum Gasteiger partial charge on any atom is -0.208 e. The van der Waals surface area contributed by atoms with Crippen molar-refractivity contribution in [3.63, 3.8) is 0 Å². The number of rotatable bonds is 6. The van der Waals surface area contributed by atoms with Crippen LogP contribution in [0.25, 0.3) is 87.7 Å². The molecule has 49 heavy (non-hydrogen) atoms. The highest BCUT2D eigenvalue weighted by Crippen LogP contribution is 2.41. The number of thiophene rings is 1. The lowest BCUT2D eigenvalue weighted by molar-refractivity contribution is 1.08. The van der Waals surface area contributed by atoms with E-state index in [-0.39, 0.29) is 0 Å². The first-order chi connectivity index (χ1) is 24.3. The van der Waals surface area contributed by atoms with Crippen LogP contribution in [0.2, 0.25) is 0 Å². The molecule has 9 aromatic rings. The van der Waals surface area contributed by atoms with Crippen molar-refractivity contribution in [3.8, 4) is 67.5 Å². The van der Waals surface area contributed by atoms with Gasteiger partial charge in [-0.2, -0.15) is 0 Å². The zero-order valence-corrected chi connectivity index (χ0v) is 27.3. The van der Waals surface area contributed by atoms with Gasteiger partial charge in [-0.1, -0.05) is 152 Å². The third-order valence-corrected chi connectivity index (χ3v) is 10.1. The maximum atomic E-state index is 5.06. The predicted molar refractivity (Wildman–Crippen MR) is 205 cm³/mol. The van der Waals surface area contributed by atoms with E-state index < -0.39 is 0 Å². The van der Waals surface area contributed by atoms with Gasteiger partial charge in [0, 0.05) is 36.9 Å². The summed E-state index contributed by atoms with van der Waals surface area (Å²) >= 11 is 1.80.